The molecule has 25 heavy (non-hydrogen) atoms. The fraction of sp³-hybridized carbons (Fsp3) is 0.556. The number of hydrogen-bond donors (Lipinski definition) is 2. The topological polar surface area (TPSA) is 84.7 Å². The second kappa shape index (κ2) is 10.3. The van der Waals surface area contributed by atoms with E-state index in [1.165, 1.54) is 0 Å². The zero-order chi connectivity index (χ0) is 17.5. The van der Waals surface area contributed by atoms with Crippen molar-refractivity contribution < 1.29 is 14.3 Å². The fourth-order valence-corrected chi connectivity index (χ4v) is 2.88. The molecule has 1 aromatic rings. The van der Waals surface area contributed by atoms with Gasteiger partial charge in [-0.15, -0.1) is 12.4 Å². The van der Waals surface area contributed by atoms with E-state index in [0.717, 1.165) is 0 Å². The minimum absolute atomic E-state index is 0. The van der Waals surface area contributed by atoms with Crippen LogP contribution in [0.3, 0.4) is 0 Å². The van der Waals surface area contributed by atoms with Gasteiger partial charge in [-0.25, -0.2) is 0 Å². The van der Waals surface area contributed by atoms with Crippen LogP contribution in [0.4, 0.5) is 5.69 Å². The summed E-state index contributed by atoms with van der Waals surface area (Å²) in [6.45, 7) is 3.16. The van der Waals surface area contributed by atoms with Gasteiger partial charge < -0.3 is 20.7 Å². The highest BCUT2D eigenvalue weighted by atomic mass is 35.5. The van der Waals surface area contributed by atoms with E-state index >= 15 is 0 Å². The van der Waals surface area contributed by atoms with Gasteiger partial charge in [-0.3, -0.25) is 9.59 Å². The first-order chi connectivity index (χ1) is 11.5. The average Bonchev–Trinajstić information content (AvgIpc) is 2.60. The summed E-state index contributed by atoms with van der Waals surface area (Å²) in [4.78, 5) is 26.4. The quantitative estimate of drug-likeness (QED) is 0.806. The summed E-state index contributed by atoms with van der Waals surface area (Å²) >= 11 is 0. The van der Waals surface area contributed by atoms with Gasteiger partial charge in [0.25, 0.3) is 0 Å². The Hall–Kier alpha value is -1.79. The molecule has 0 saturated carbocycles. The van der Waals surface area contributed by atoms with Crippen LogP contribution in [0.15, 0.2) is 24.3 Å². The first kappa shape index (κ1) is 21.3. The predicted molar refractivity (Wildman–Crippen MR) is 101 cm³/mol. The zero-order valence-corrected chi connectivity index (χ0v) is 15.7. The van der Waals surface area contributed by atoms with E-state index in [2.05, 4.69) is 5.32 Å². The molecule has 1 heterocycles. The molecule has 0 aromatic heterocycles. The van der Waals surface area contributed by atoms with E-state index < -0.39 is 0 Å². The molecule has 1 aliphatic heterocycles. The normalized spacial score (nSPS) is 15.9. The molecule has 1 saturated heterocycles. The van der Waals surface area contributed by atoms with Crippen LogP contribution in [0, 0.1) is 5.92 Å². The third-order valence-corrected chi connectivity index (χ3v) is 4.40. The lowest BCUT2D eigenvalue weighted by Crippen LogP contribution is -2.41. The van der Waals surface area contributed by atoms with Gasteiger partial charge in [0.15, 0.2) is 0 Å². The van der Waals surface area contributed by atoms with Crippen molar-refractivity contribution in [3.8, 4) is 5.75 Å². The Kier molecular flexibility index (Phi) is 8.72. The molecule has 7 heteroatoms. The second-order valence-corrected chi connectivity index (χ2v) is 6.36. The van der Waals surface area contributed by atoms with Gasteiger partial charge >= 0.3 is 0 Å². The monoisotopic (exact) mass is 369 g/mol. The molecule has 1 fully saturated rings. The van der Waals surface area contributed by atoms with Crippen molar-refractivity contribution in [1.82, 2.24) is 4.90 Å². The molecule has 0 spiro atoms. The van der Waals surface area contributed by atoms with Gasteiger partial charge in [0.05, 0.1) is 12.8 Å². The number of halogens is 1. The Morgan fingerprint density at radius 1 is 1.32 bits per heavy atom. The Labute approximate surface area is 155 Å². The number of nitrogens with zero attached hydrogens (tertiary/aromatic N) is 1. The Morgan fingerprint density at radius 3 is 2.56 bits per heavy atom. The molecule has 2 rings (SSSR count). The molecule has 140 valence electrons. The van der Waals surface area contributed by atoms with Crippen molar-refractivity contribution in [2.24, 2.45) is 11.7 Å². The van der Waals surface area contributed by atoms with E-state index in [-0.39, 0.29) is 36.2 Å². The first-order valence-corrected chi connectivity index (χ1v) is 8.48. The third kappa shape index (κ3) is 6.21. The number of para-hydroxylation sites is 2. The molecule has 1 unspecified atom stereocenters. The van der Waals surface area contributed by atoms with E-state index in [4.69, 9.17) is 10.5 Å². The summed E-state index contributed by atoms with van der Waals surface area (Å²) in [5.41, 5.74) is 6.38. The number of nitrogens with two attached hydrogens (primary N) is 1. The predicted octanol–water partition coefficient (Wildman–Crippen LogP) is 2.42. The van der Waals surface area contributed by atoms with Crippen LogP contribution < -0.4 is 15.8 Å². The molecular formula is C18H28ClN3O3. The van der Waals surface area contributed by atoms with Crippen LogP contribution in [-0.4, -0.2) is 43.0 Å². The number of rotatable bonds is 6. The molecular weight excluding hydrogens is 342 g/mol. The van der Waals surface area contributed by atoms with Crippen LogP contribution in [0.1, 0.15) is 32.6 Å². The molecule has 1 atom stereocenters. The molecule has 0 radical (unpaired) electrons. The Bertz CT molecular complexity index is 572. The van der Waals surface area contributed by atoms with Gasteiger partial charge in [-0.1, -0.05) is 12.1 Å². The van der Waals surface area contributed by atoms with E-state index in [9.17, 15) is 9.59 Å². The summed E-state index contributed by atoms with van der Waals surface area (Å²) in [6, 6.07) is 7.40. The van der Waals surface area contributed by atoms with Gasteiger partial charge in [0.2, 0.25) is 11.8 Å². The summed E-state index contributed by atoms with van der Waals surface area (Å²) in [7, 11) is 1.58. The SMILES string of the molecule is COc1ccccc1NC(=O)C1CCN(C(=O)CCC(C)N)CC1.Cl. The van der Waals surface area contributed by atoms with E-state index in [1.807, 2.05) is 36.1 Å². The highest BCUT2D eigenvalue weighted by molar-refractivity contribution is 5.94. The summed E-state index contributed by atoms with van der Waals surface area (Å²) < 4.78 is 5.25. The molecule has 2 amide bonds. The third-order valence-electron chi connectivity index (χ3n) is 4.40. The first-order valence-electron chi connectivity index (χ1n) is 8.48. The lowest BCUT2D eigenvalue weighted by atomic mass is 9.95. The van der Waals surface area contributed by atoms with Crippen LogP contribution in [-0.2, 0) is 9.59 Å². The molecule has 3 N–H and O–H groups in total. The standard InChI is InChI=1S/C18H27N3O3.ClH/c1-13(19)7-8-17(22)21-11-9-14(10-12-21)18(23)20-15-5-3-4-6-16(15)24-2;/h3-6,13-14H,7-12,19H2,1-2H3,(H,20,23);1H. The van der Waals surface area contributed by atoms with Gasteiger partial charge in [0.1, 0.15) is 5.75 Å². The summed E-state index contributed by atoms with van der Waals surface area (Å²) in [5.74, 6) is 0.694. The number of nitrogens with one attached hydrogen (secondary N) is 1. The zero-order valence-electron chi connectivity index (χ0n) is 14.9. The maximum absolute atomic E-state index is 12.4. The highest BCUT2D eigenvalue weighted by Crippen LogP contribution is 2.26. The number of carbonyl (C=O) groups is 2. The minimum atomic E-state index is -0.0765. The van der Waals surface area contributed by atoms with Crippen molar-refractivity contribution in [2.75, 3.05) is 25.5 Å². The highest BCUT2D eigenvalue weighted by Gasteiger charge is 2.27. The van der Waals surface area contributed by atoms with Crippen molar-refractivity contribution in [2.45, 2.75) is 38.6 Å². The van der Waals surface area contributed by atoms with Crippen molar-refractivity contribution >= 4 is 29.9 Å². The molecule has 1 aromatic carbocycles. The van der Waals surface area contributed by atoms with Crippen LogP contribution in [0.25, 0.3) is 0 Å². The number of carbonyl (C=O) groups excluding carboxylic acids is 2. The molecule has 0 aliphatic carbocycles. The number of ether oxygens (including phenoxy) is 1. The number of amides is 2. The van der Waals surface area contributed by atoms with Crippen molar-refractivity contribution in [3.63, 3.8) is 0 Å². The van der Waals surface area contributed by atoms with Crippen LogP contribution >= 0.6 is 12.4 Å². The Morgan fingerprint density at radius 2 is 1.96 bits per heavy atom. The average molecular weight is 370 g/mol. The number of likely N-dealkylation sites (tertiary alicyclic amines) is 1. The number of piperidine rings is 1. The lowest BCUT2D eigenvalue weighted by Gasteiger charge is -2.31. The number of methoxy groups -OCH3 is 1. The minimum Gasteiger partial charge on any atom is -0.495 e. The summed E-state index contributed by atoms with van der Waals surface area (Å²) in [5, 5.41) is 2.93. The van der Waals surface area contributed by atoms with Crippen molar-refractivity contribution in [3.05, 3.63) is 24.3 Å². The van der Waals surface area contributed by atoms with Gasteiger partial charge in [-0.2, -0.15) is 0 Å². The van der Waals surface area contributed by atoms with Gasteiger partial charge in [-0.05, 0) is 38.3 Å². The second-order valence-electron chi connectivity index (χ2n) is 6.36. The number of hydrogen-bond acceptors (Lipinski definition) is 4. The molecule has 1 aliphatic rings. The molecule has 0 bridgehead atoms. The number of benzene rings is 1. The lowest BCUT2D eigenvalue weighted by molar-refractivity contribution is -0.134. The largest absolute Gasteiger partial charge is 0.495 e. The smallest absolute Gasteiger partial charge is 0.227 e. The van der Waals surface area contributed by atoms with Crippen LogP contribution in [0.2, 0.25) is 0 Å². The maximum Gasteiger partial charge on any atom is 0.227 e. The molecule has 6 nitrogen and oxygen atoms in total. The number of anilines is 1. The summed E-state index contributed by atoms with van der Waals surface area (Å²) in [6.07, 6.45) is 2.55. The maximum atomic E-state index is 12.4. The van der Waals surface area contributed by atoms with E-state index in [1.54, 1.807) is 7.11 Å². The Balaban J connectivity index is 0.00000312. The fourth-order valence-electron chi connectivity index (χ4n) is 2.88. The van der Waals surface area contributed by atoms with Gasteiger partial charge in [0, 0.05) is 31.5 Å². The van der Waals surface area contributed by atoms with Crippen LogP contribution in [0.5, 0.6) is 5.75 Å². The van der Waals surface area contributed by atoms with E-state index in [0.29, 0.717) is 50.2 Å². The van der Waals surface area contributed by atoms with Crippen molar-refractivity contribution in [1.29, 1.82) is 0 Å².